The average Bonchev–Trinajstić information content (AvgIpc) is 2.86. The van der Waals surface area contributed by atoms with Crippen LogP contribution < -0.4 is 5.32 Å². The monoisotopic (exact) mass is 541 g/mol. The van der Waals surface area contributed by atoms with E-state index < -0.39 is 23.5 Å². The van der Waals surface area contributed by atoms with Crippen LogP contribution >= 0.6 is 11.8 Å². The number of thioether (sulfide) groups is 1. The molecule has 0 aromatic heterocycles. The molecule has 9 heteroatoms. The molecule has 0 unspecified atom stereocenters. The normalized spacial score (nSPS) is 15.1. The van der Waals surface area contributed by atoms with Gasteiger partial charge in [-0.2, -0.15) is 11.8 Å². The maximum absolute atomic E-state index is 13.3. The number of nitrogens with zero attached hydrogens (tertiary/aromatic N) is 2. The van der Waals surface area contributed by atoms with Crippen LogP contribution in [0.5, 0.6) is 0 Å². The number of aryl methyl sites for hydroxylation is 1. The van der Waals surface area contributed by atoms with Gasteiger partial charge in [-0.1, -0.05) is 30.3 Å². The highest BCUT2D eigenvalue weighted by Crippen LogP contribution is 2.29. The second-order valence-electron chi connectivity index (χ2n) is 10.6. The van der Waals surface area contributed by atoms with E-state index in [2.05, 4.69) is 10.2 Å². The first-order chi connectivity index (χ1) is 18.0. The lowest BCUT2D eigenvalue weighted by Gasteiger charge is -2.35. The zero-order chi connectivity index (χ0) is 27.9. The number of carbonyl (C=O) groups is 3. The van der Waals surface area contributed by atoms with Crippen molar-refractivity contribution in [2.45, 2.75) is 52.3 Å². The van der Waals surface area contributed by atoms with Crippen molar-refractivity contribution in [3.05, 3.63) is 59.2 Å². The van der Waals surface area contributed by atoms with Crippen molar-refractivity contribution in [1.82, 2.24) is 15.1 Å². The quantitative estimate of drug-likeness (QED) is 0.477. The Morgan fingerprint density at radius 1 is 1.05 bits per heavy atom. The molecule has 38 heavy (non-hydrogen) atoms. The summed E-state index contributed by atoms with van der Waals surface area (Å²) < 4.78 is 5.50. The molecule has 2 aromatic carbocycles. The summed E-state index contributed by atoms with van der Waals surface area (Å²) in [6, 6.07) is 12.7. The van der Waals surface area contributed by atoms with E-state index in [1.807, 2.05) is 70.3 Å². The van der Waals surface area contributed by atoms with Gasteiger partial charge >= 0.3 is 12.1 Å². The molecule has 0 radical (unpaired) electrons. The van der Waals surface area contributed by atoms with Gasteiger partial charge in [-0.15, -0.1) is 0 Å². The predicted octanol–water partition coefficient (Wildman–Crippen LogP) is 4.65. The molecule has 2 amide bonds. The first kappa shape index (κ1) is 29.5. The molecule has 2 N–H and O–H groups in total. The minimum absolute atomic E-state index is 0.286. The number of hydrogen-bond acceptors (Lipinski definition) is 6. The van der Waals surface area contributed by atoms with E-state index in [1.54, 1.807) is 22.7 Å². The molecule has 2 aromatic rings. The fourth-order valence-corrected chi connectivity index (χ4v) is 4.86. The Balaban J connectivity index is 1.79. The summed E-state index contributed by atoms with van der Waals surface area (Å²) in [6.45, 7) is 10.9. The van der Waals surface area contributed by atoms with Crippen LogP contribution in [-0.4, -0.2) is 82.7 Å². The van der Waals surface area contributed by atoms with Crippen molar-refractivity contribution in [3.8, 4) is 11.1 Å². The molecule has 0 aliphatic carbocycles. The van der Waals surface area contributed by atoms with Gasteiger partial charge in [0.25, 0.3) is 5.91 Å². The third-order valence-corrected chi connectivity index (χ3v) is 7.05. The van der Waals surface area contributed by atoms with Crippen LogP contribution in [0.2, 0.25) is 0 Å². The summed E-state index contributed by atoms with van der Waals surface area (Å²) in [5, 5.41) is 12.3. The van der Waals surface area contributed by atoms with Gasteiger partial charge in [0.05, 0.1) is 0 Å². The molecule has 3 rings (SSSR count). The predicted molar refractivity (Wildman–Crippen MR) is 152 cm³/mol. The number of amides is 2. The second-order valence-corrected chi connectivity index (χ2v) is 11.6. The minimum atomic E-state index is -1.04. The van der Waals surface area contributed by atoms with Gasteiger partial charge in [0.2, 0.25) is 0 Å². The van der Waals surface area contributed by atoms with Gasteiger partial charge in [-0.05, 0) is 80.5 Å². The van der Waals surface area contributed by atoms with E-state index in [-0.39, 0.29) is 6.09 Å². The van der Waals surface area contributed by atoms with Crippen molar-refractivity contribution in [3.63, 3.8) is 0 Å². The van der Waals surface area contributed by atoms with E-state index in [9.17, 15) is 19.5 Å². The lowest BCUT2D eigenvalue weighted by Crippen LogP contribution is -2.49. The molecule has 1 aliphatic heterocycles. The summed E-state index contributed by atoms with van der Waals surface area (Å²) in [5.74, 6) is -0.788. The summed E-state index contributed by atoms with van der Waals surface area (Å²) in [4.78, 5) is 41.4. The van der Waals surface area contributed by atoms with Gasteiger partial charge in [0.1, 0.15) is 11.6 Å². The molecular formula is C29H39N3O5S. The fraction of sp³-hybridized carbons (Fsp3) is 0.483. The van der Waals surface area contributed by atoms with Gasteiger partial charge in [0.15, 0.2) is 0 Å². The Morgan fingerprint density at radius 3 is 2.34 bits per heavy atom. The maximum Gasteiger partial charge on any atom is 0.410 e. The minimum Gasteiger partial charge on any atom is -0.480 e. The molecule has 1 aliphatic rings. The molecule has 0 spiro atoms. The number of aliphatic carboxylic acids is 1. The first-order valence-electron chi connectivity index (χ1n) is 12.9. The molecule has 1 atom stereocenters. The largest absolute Gasteiger partial charge is 0.480 e. The van der Waals surface area contributed by atoms with Crippen LogP contribution in [0.25, 0.3) is 11.1 Å². The lowest BCUT2D eigenvalue weighted by molar-refractivity contribution is -0.139. The molecule has 206 valence electrons. The highest BCUT2D eigenvalue weighted by Gasteiger charge is 2.27. The lowest BCUT2D eigenvalue weighted by atomic mass is 9.93. The topological polar surface area (TPSA) is 99.2 Å². The van der Waals surface area contributed by atoms with Gasteiger partial charge in [-0.25, -0.2) is 9.59 Å². The standard InChI is InChI=1S/C29H39N3O5S/c1-20-8-6-7-9-22(20)24-18-21(10-11-23(24)26(33)30-25(27(34)35)12-17-38-5)19-31-13-15-32(16-14-31)28(36)37-29(2,3)4/h6-11,18,25H,12-17,19H2,1-5H3,(H,30,33)(H,34,35)/t25-/m0/s1. The molecule has 1 saturated heterocycles. The molecular weight excluding hydrogens is 502 g/mol. The number of nitrogens with one attached hydrogen (secondary N) is 1. The highest BCUT2D eigenvalue weighted by atomic mass is 32.2. The third-order valence-electron chi connectivity index (χ3n) is 6.41. The van der Waals surface area contributed by atoms with Gasteiger partial charge in [-0.3, -0.25) is 9.69 Å². The van der Waals surface area contributed by atoms with E-state index in [0.717, 1.165) is 35.3 Å². The number of carboxylic acid groups (broad SMARTS) is 1. The number of hydrogen-bond donors (Lipinski definition) is 2. The number of piperazine rings is 1. The summed E-state index contributed by atoms with van der Waals surface area (Å²) >= 11 is 1.55. The summed E-state index contributed by atoms with van der Waals surface area (Å²) in [6.07, 6.45) is 1.98. The van der Waals surface area contributed by atoms with E-state index in [0.29, 0.717) is 37.4 Å². The Labute approximate surface area is 229 Å². The zero-order valence-corrected chi connectivity index (χ0v) is 23.8. The molecule has 0 bridgehead atoms. The third kappa shape index (κ3) is 8.23. The van der Waals surface area contributed by atoms with Crippen molar-refractivity contribution < 1.29 is 24.2 Å². The van der Waals surface area contributed by atoms with Crippen LogP contribution in [0.1, 0.15) is 48.7 Å². The van der Waals surface area contributed by atoms with Crippen molar-refractivity contribution in [2.75, 3.05) is 38.2 Å². The fourth-order valence-electron chi connectivity index (χ4n) is 4.39. The molecule has 1 heterocycles. The molecule has 8 nitrogen and oxygen atoms in total. The Bertz CT molecular complexity index is 1140. The number of benzene rings is 2. The molecule has 1 fully saturated rings. The smallest absolute Gasteiger partial charge is 0.410 e. The zero-order valence-electron chi connectivity index (χ0n) is 23.0. The number of carbonyl (C=O) groups excluding carboxylic acids is 2. The first-order valence-corrected chi connectivity index (χ1v) is 14.3. The van der Waals surface area contributed by atoms with Crippen molar-refractivity contribution in [2.24, 2.45) is 0 Å². The van der Waals surface area contributed by atoms with Crippen LogP contribution in [0.4, 0.5) is 4.79 Å². The Hall–Kier alpha value is -3.04. The van der Waals surface area contributed by atoms with Crippen LogP contribution in [0, 0.1) is 6.92 Å². The van der Waals surface area contributed by atoms with E-state index >= 15 is 0 Å². The Kier molecular flexibility index (Phi) is 10.2. The van der Waals surface area contributed by atoms with Crippen LogP contribution in [0.15, 0.2) is 42.5 Å². The summed E-state index contributed by atoms with van der Waals surface area (Å²) in [7, 11) is 0. The van der Waals surface area contributed by atoms with E-state index in [4.69, 9.17) is 4.74 Å². The van der Waals surface area contributed by atoms with Crippen molar-refractivity contribution in [1.29, 1.82) is 0 Å². The number of carboxylic acids is 1. The van der Waals surface area contributed by atoms with Crippen LogP contribution in [0.3, 0.4) is 0 Å². The van der Waals surface area contributed by atoms with Crippen molar-refractivity contribution >= 4 is 29.7 Å². The van der Waals surface area contributed by atoms with Gasteiger partial charge < -0.3 is 20.1 Å². The second kappa shape index (κ2) is 13.2. The maximum atomic E-state index is 13.3. The van der Waals surface area contributed by atoms with Crippen LogP contribution in [-0.2, 0) is 16.1 Å². The van der Waals surface area contributed by atoms with Gasteiger partial charge in [0, 0.05) is 38.3 Å². The van der Waals surface area contributed by atoms with E-state index in [1.165, 1.54) is 0 Å². The average molecular weight is 542 g/mol. The SMILES string of the molecule is CSCC[C@H](NC(=O)c1ccc(CN2CCN(C(=O)OC(C)(C)C)CC2)cc1-c1ccccc1C)C(=O)O. The number of ether oxygens (including phenoxy) is 1. The highest BCUT2D eigenvalue weighted by molar-refractivity contribution is 7.98. The Morgan fingerprint density at radius 2 is 1.74 bits per heavy atom. The summed E-state index contributed by atoms with van der Waals surface area (Å²) in [5.41, 5.74) is 3.72. The number of rotatable bonds is 9. The molecule has 0 saturated carbocycles.